The van der Waals surface area contributed by atoms with Gasteiger partial charge in [-0.3, -0.25) is 4.79 Å². The van der Waals surface area contributed by atoms with Gasteiger partial charge in [-0.25, -0.2) is 0 Å². The van der Waals surface area contributed by atoms with E-state index >= 15 is 0 Å². The standard InChI is InChI=1S/C12H10BrN3OS/c13-8-3-1-7(2-4-8)10-11(18-16-15-10)12(17)14-9-5-6-9/h1-4,9H,5-6H2,(H,14,17). The van der Waals surface area contributed by atoms with Crippen molar-refractivity contribution in [3.8, 4) is 11.3 Å². The second-order valence-corrected chi connectivity index (χ2v) is 5.88. The SMILES string of the molecule is O=C(NC1CC1)c1snnc1-c1ccc(Br)cc1. The van der Waals surface area contributed by atoms with Gasteiger partial charge < -0.3 is 5.32 Å². The molecule has 1 saturated carbocycles. The third kappa shape index (κ3) is 2.44. The second kappa shape index (κ2) is 4.78. The molecule has 2 aromatic rings. The van der Waals surface area contributed by atoms with Crippen LogP contribution in [0.25, 0.3) is 11.3 Å². The van der Waals surface area contributed by atoms with Gasteiger partial charge in [0.1, 0.15) is 10.6 Å². The van der Waals surface area contributed by atoms with Crippen LogP contribution in [0.2, 0.25) is 0 Å². The van der Waals surface area contributed by atoms with E-state index in [0.29, 0.717) is 16.6 Å². The van der Waals surface area contributed by atoms with Gasteiger partial charge in [-0.05, 0) is 36.5 Å². The predicted octanol–water partition coefficient (Wildman–Crippen LogP) is 2.86. The molecule has 0 radical (unpaired) electrons. The maximum atomic E-state index is 12.0. The van der Waals surface area contributed by atoms with Crippen molar-refractivity contribution in [2.45, 2.75) is 18.9 Å². The maximum absolute atomic E-state index is 12.0. The van der Waals surface area contributed by atoms with Crippen molar-refractivity contribution in [3.63, 3.8) is 0 Å². The number of halogens is 1. The van der Waals surface area contributed by atoms with Gasteiger partial charge in [-0.15, -0.1) is 5.10 Å². The molecule has 0 spiro atoms. The van der Waals surface area contributed by atoms with Gasteiger partial charge in [-0.1, -0.05) is 32.6 Å². The molecule has 18 heavy (non-hydrogen) atoms. The number of amides is 1. The molecule has 1 aliphatic carbocycles. The summed E-state index contributed by atoms with van der Waals surface area (Å²) in [7, 11) is 0. The van der Waals surface area contributed by atoms with Gasteiger partial charge in [0.25, 0.3) is 5.91 Å². The lowest BCUT2D eigenvalue weighted by molar-refractivity contribution is 0.0955. The fourth-order valence-electron chi connectivity index (χ4n) is 1.61. The summed E-state index contributed by atoms with van der Waals surface area (Å²) in [5.74, 6) is -0.0644. The summed E-state index contributed by atoms with van der Waals surface area (Å²) in [5, 5.41) is 7.02. The molecule has 1 aromatic heterocycles. The molecular formula is C12H10BrN3OS. The Morgan fingerprint density at radius 1 is 1.33 bits per heavy atom. The third-order valence-corrected chi connectivity index (χ3v) is 3.98. The van der Waals surface area contributed by atoms with Gasteiger partial charge >= 0.3 is 0 Å². The molecule has 0 bridgehead atoms. The highest BCUT2D eigenvalue weighted by atomic mass is 79.9. The van der Waals surface area contributed by atoms with Gasteiger partial charge in [0, 0.05) is 16.1 Å². The zero-order valence-electron chi connectivity index (χ0n) is 9.39. The van der Waals surface area contributed by atoms with E-state index in [9.17, 15) is 4.79 Å². The van der Waals surface area contributed by atoms with E-state index in [1.807, 2.05) is 24.3 Å². The van der Waals surface area contributed by atoms with Crippen molar-refractivity contribution in [2.75, 3.05) is 0 Å². The van der Waals surface area contributed by atoms with Gasteiger partial charge in [-0.2, -0.15) is 0 Å². The quantitative estimate of drug-likeness (QED) is 0.944. The highest BCUT2D eigenvalue weighted by Gasteiger charge is 2.26. The molecule has 4 nitrogen and oxygen atoms in total. The average Bonchev–Trinajstić information content (AvgIpc) is 3.04. The summed E-state index contributed by atoms with van der Waals surface area (Å²) in [4.78, 5) is 12.6. The van der Waals surface area contributed by atoms with Crippen LogP contribution in [0.5, 0.6) is 0 Å². The van der Waals surface area contributed by atoms with E-state index in [0.717, 1.165) is 34.4 Å². The number of carbonyl (C=O) groups is 1. The Hall–Kier alpha value is -1.27. The lowest BCUT2D eigenvalue weighted by Crippen LogP contribution is -2.24. The van der Waals surface area contributed by atoms with E-state index in [-0.39, 0.29) is 5.91 Å². The van der Waals surface area contributed by atoms with E-state index in [1.165, 1.54) is 0 Å². The Labute approximate surface area is 117 Å². The van der Waals surface area contributed by atoms with Crippen LogP contribution in [-0.4, -0.2) is 21.5 Å². The summed E-state index contributed by atoms with van der Waals surface area (Å²) in [5.41, 5.74) is 1.57. The fourth-order valence-corrected chi connectivity index (χ4v) is 2.47. The first-order valence-electron chi connectivity index (χ1n) is 5.63. The number of hydrogen-bond acceptors (Lipinski definition) is 4. The molecule has 6 heteroatoms. The van der Waals surface area contributed by atoms with Crippen LogP contribution in [0, 0.1) is 0 Å². The Kier molecular flexibility index (Phi) is 3.13. The zero-order valence-corrected chi connectivity index (χ0v) is 11.8. The minimum atomic E-state index is -0.0644. The van der Waals surface area contributed by atoms with Crippen LogP contribution >= 0.6 is 27.5 Å². The van der Waals surface area contributed by atoms with Crippen LogP contribution < -0.4 is 5.32 Å². The molecule has 0 atom stereocenters. The molecule has 0 unspecified atom stereocenters. The summed E-state index contributed by atoms with van der Waals surface area (Å²) >= 11 is 4.53. The van der Waals surface area contributed by atoms with Crippen LogP contribution in [0.1, 0.15) is 22.5 Å². The number of hydrogen-bond donors (Lipinski definition) is 1. The van der Waals surface area contributed by atoms with Crippen molar-refractivity contribution >= 4 is 33.4 Å². The normalized spacial score (nSPS) is 14.5. The Morgan fingerprint density at radius 3 is 2.72 bits per heavy atom. The molecule has 1 aliphatic rings. The molecule has 1 fully saturated rings. The molecule has 0 aliphatic heterocycles. The Bertz CT molecular complexity index is 577. The predicted molar refractivity (Wildman–Crippen MR) is 73.5 cm³/mol. The Balaban J connectivity index is 1.90. The zero-order chi connectivity index (χ0) is 12.5. The molecule has 1 amide bonds. The number of nitrogens with one attached hydrogen (secondary N) is 1. The van der Waals surface area contributed by atoms with Gasteiger partial charge in [0.2, 0.25) is 0 Å². The summed E-state index contributed by atoms with van der Waals surface area (Å²) < 4.78 is 4.89. The van der Waals surface area contributed by atoms with Crippen molar-refractivity contribution in [2.24, 2.45) is 0 Å². The lowest BCUT2D eigenvalue weighted by atomic mass is 10.1. The minimum absolute atomic E-state index is 0.0644. The van der Waals surface area contributed by atoms with Crippen LogP contribution in [0.3, 0.4) is 0 Å². The molecule has 1 N–H and O–H groups in total. The number of rotatable bonds is 3. The van der Waals surface area contributed by atoms with Gasteiger partial charge in [0.05, 0.1) is 0 Å². The number of carbonyl (C=O) groups excluding carboxylic acids is 1. The van der Waals surface area contributed by atoms with E-state index < -0.39 is 0 Å². The molecule has 1 heterocycles. The van der Waals surface area contributed by atoms with Crippen LogP contribution in [0.15, 0.2) is 28.7 Å². The largest absolute Gasteiger partial charge is 0.348 e. The first-order chi connectivity index (χ1) is 8.74. The van der Waals surface area contributed by atoms with Gasteiger partial charge in [0.15, 0.2) is 0 Å². The minimum Gasteiger partial charge on any atom is -0.348 e. The third-order valence-electron chi connectivity index (χ3n) is 2.72. The highest BCUT2D eigenvalue weighted by Crippen LogP contribution is 2.26. The first kappa shape index (κ1) is 11.8. The van der Waals surface area contributed by atoms with Crippen molar-refractivity contribution in [1.29, 1.82) is 0 Å². The molecular weight excluding hydrogens is 314 g/mol. The lowest BCUT2D eigenvalue weighted by Gasteiger charge is -2.02. The van der Waals surface area contributed by atoms with Crippen LogP contribution in [-0.2, 0) is 0 Å². The fraction of sp³-hybridized carbons (Fsp3) is 0.250. The van der Waals surface area contributed by atoms with E-state index in [4.69, 9.17) is 0 Å². The second-order valence-electron chi connectivity index (χ2n) is 4.21. The van der Waals surface area contributed by atoms with E-state index in [1.54, 1.807) is 0 Å². The topological polar surface area (TPSA) is 54.9 Å². The number of nitrogens with zero attached hydrogens (tertiary/aromatic N) is 2. The van der Waals surface area contributed by atoms with Crippen molar-refractivity contribution in [1.82, 2.24) is 14.9 Å². The highest BCUT2D eigenvalue weighted by molar-refractivity contribution is 9.10. The Morgan fingerprint density at radius 2 is 2.06 bits per heavy atom. The van der Waals surface area contributed by atoms with E-state index in [2.05, 4.69) is 30.8 Å². The summed E-state index contributed by atoms with van der Waals surface area (Å²) in [6, 6.07) is 8.05. The van der Waals surface area contributed by atoms with Crippen molar-refractivity contribution < 1.29 is 4.79 Å². The number of aromatic nitrogens is 2. The summed E-state index contributed by atoms with van der Waals surface area (Å²) in [6.07, 6.45) is 2.15. The molecule has 3 rings (SSSR count). The summed E-state index contributed by atoms with van der Waals surface area (Å²) in [6.45, 7) is 0. The smallest absolute Gasteiger partial charge is 0.265 e. The first-order valence-corrected chi connectivity index (χ1v) is 7.20. The molecule has 1 aromatic carbocycles. The van der Waals surface area contributed by atoms with Crippen molar-refractivity contribution in [3.05, 3.63) is 33.6 Å². The number of benzene rings is 1. The maximum Gasteiger partial charge on any atom is 0.265 e. The molecule has 0 saturated heterocycles. The molecule has 92 valence electrons. The monoisotopic (exact) mass is 323 g/mol. The van der Waals surface area contributed by atoms with Crippen LogP contribution in [0.4, 0.5) is 0 Å². The average molecular weight is 324 g/mol.